The molecule has 18 heteroatoms. The number of ketones is 1. The first-order valence-corrected chi connectivity index (χ1v) is 22.6. The second-order valence-corrected chi connectivity index (χ2v) is 18.9. The van der Waals surface area contributed by atoms with E-state index in [2.05, 4.69) is 5.32 Å². The van der Waals surface area contributed by atoms with Gasteiger partial charge in [-0.2, -0.15) is 0 Å². The zero-order valence-electron chi connectivity index (χ0n) is 38.8. The first-order valence-electron chi connectivity index (χ1n) is 22.6. The number of carbonyl (C=O) groups is 6. The molecule has 8 rings (SSSR count). The lowest BCUT2D eigenvalue weighted by atomic mass is 9.44. The molecule has 4 aliphatic rings. The van der Waals surface area contributed by atoms with Gasteiger partial charge in [-0.3, -0.25) is 24.5 Å². The van der Waals surface area contributed by atoms with E-state index in [-0.39, 0.29) is 28.7 Å². The summed E-state index contributed by atoms with van der Waals surface area (Å²) in [6.07, 6.45) is -11.7. The molecule has 1 saturated heterocycles. The maximum atomic E-state index is 16.0. The van der Waals surface area contributed by atoms with Gasteiger partial charge >= 0.3 is 23.9 Å². The fourth-order valence-corrected chi connectivity index (χ4v) is 11.0. The van der Waals surface area contributed by atoms with E-state index in [9.17, 15) is 49.4 Å². The van der Waals surface area contributed by atoms with Crippen LogP contribution in [0.5, 0.6) is 0 Å². The number of aliphatic hydroxyl groups is 3. The number of nitro benzene ring substituents is 1. The summed E-state index contributed by atoms with van der Waals surface area (Å²) in [5.41, 5.74) is -9.43. The summed E-state index contributed by atoms with van der Waals surface area (Å²) in [5.74, 6) is -7.91. The van der Waals surface area contributed by atoms with Crippen molar-refractivity contribution >= 4 is 41.3 Å². The van der Waals surface area contributed by atoms with E-state index in [1.807, 2.05) is 0 Å². The molecule has 2 saturated carbocycles. The molecule has 4 N–H and O–H groups in total. The second kappa shape index (κ2) is 18.7. The number of esters is 4. The van der Waals surface area contributed by atoms with Crippen molar-refractivity contribution in [3.8, 4) is 0 Å². The van der Waals surface area contributed by atoms with Gasteiger partial charge in [0, 0.05) is 36.8 Å². The number of rotatable bonds is 12. The number of hydrogen-bond acceptors (Lipinski definition) is 16. The molecule has 70 heavy (non-hydrogen) atoms. The van der Waals surface area contributed by atoms with Crippen molar-refractivity contribution in [2.45, 2.75) is 101 Å². The molecule has 4 aromatic rings. The van der Waals surface area contributed by atoms with Gasteiger partial charge in [0.1, 0.15) is 29.5 Å². The second-order valence-electron chi connectivity index (χ2n) is 18.9. The van der Waals surface area contributed by atoms with Crippen molar-refractivity contribution in [2.24, 2.45) is 16.7 Å². The monoisotopic (exact) mass is 960 g/mol. The highest BCUT2D eigenvalue weighted by Crippen LogP contribution is 2.64. The zero-order chi connectivity index (χ0) is 50.5. The molecular formula is C52H52N2O16. The molecule has 3 fully saturated rings. The van der Waals surface area contributed by atoms with E-state index >= 15 is 4.79 Å². The maximum absolute atomic E-state index is 16.0. The Hall–Kier alpha value is -7.12. The molecule has 18 nitrogen and oxygen atoms in total. The van der Waals surface area contributed by atoms with Crippen LogP contribution in [0, 0.1) is 26.9 Å². The molecule has 1 heterocycles. The highest BCUT2D eigenvalue weighted by molar-refractivity contribution is 6.00. The molecule has 366 valence electrons. The topological polar surface area (TPSA) is 264 Å². The van der Waals surface area contributed by atoms with Crippen LogP contribution in [-0.4, -0.2) is 110 Å². The molecule has 0 aromatic heterocycles. The Morgan fingerprint density at radius 1 is 0.829 bits per heavy atom. The number of nitrogens with one attached hydrogen (secondary N) is 1. The summed E-state index contributed by atoms with van der Waals surface area (Å²) in [4.78, 5) is 97.5. The van der Waals surface area contributed by atoms with Crippen molar-refractivity contribution in [1.29, 1.82) is 0 Å². The van der Waals surface area contributed by atoms with Gasteiger partial charge in [-0.15, -0.1) is 0 Å². The van der Waals surface area contributed by atoms with Crippen molar-refractivity contribution in [3.05, 3.63) is 159 Å². The lowest BCUT2D eigenvalue weighted by Gasteiger charge is -2.67. The third-order valence-corrected chi connectivity index (χ3v) is 14.7. The largest absolute Gasteiger partial charge is 0.456 e. The molecule has 2 bridgehead atoms. The Balaban J connectivity index is 1.32. The van der Waals surface area contributed by atoms with Crippen LogP contribution in [0.3, 0.4) is 0 Å². The summed E-state index contributed by atoms with van der Waals surface area (Å²) in [6.45, 7) is 6.40. The summed E-state index contributed by atoms with van der Waals surface area (Å²) in [6, 6.07) is 27.2. The Morgan fingerprint density at radius 3 is 2.00 bits per heavy atom. The van der Waals surface area contributed by atoms with Crippen LogP contribution >= 0.6 is 0 Å². The van der Waals surface area contributed by atoms with Crippen molar-refractivity contribution in [1.82, 2.24) is 5.32 Å². The first kappa shape index (κ1) is 49.3. The minimum Gasteiger partial charge on any atom is -0.456 e. The third-order valence-electron chi connectivity index (χ3n) is 14.7. The van der Waals surface area contributed by atoms with Crippen molar-refractivity contribution in [2.75, 3.05) is 6.61 Å². The predicted molar refractivity (Wildman–Crippen MR) is 244 cm³/mol. The summed E-state index contributed by atoms with van der Waals surface area (Å²) in [5, 5.41) is 53.0. The highest BCUT2D eigenvalue weighted by Gasteiger charge is 2.78. The Labute approximate surface area is 401 Å². The van der Waals surface area contributed by atoms with E-state index in [0.717, 1.165) is 19.1 Å². The molecule has 11 atom stereocenters. The van der Waals surface area contributed by atoms with Gasteiger partial charge in [0.2, 0.25) is 0 Å². The van der Waals surface area contributed by atoms with E-state index < -0.39 is 135 Å². The maximum Gasteiger partial charge on any atom is 0.346 e. The van der Waals surface area contributed by atoms with Crippen molar-refractivity contribution < 1.29 is 72.7 Å². The number of carbonyl (C=O) groups excluding carboxylic acids is 6. The molecule has 3 aliphatic carbocycles. The summed E-state index contributed by atoms with van der Waals surface area (Å²) in [7, 11) is 0. The number of nitro groups is 1. The van der Waals surface area contributed by atoms with Crippen LogP contribution in [0.25, 0.3) is 0 Å². The van der Waals surface area contributed by atoms with Crippen LogP contribution in [0.1, 0.15) is 90.1 Å². The smallest absolute Gasteiger partial charge is 0.346 e. The molecule has 1 amide bonds. The Kier molecular flexibility index (Phi) is 13.1. The number of amides is 1. The number of para-hydroxylation sites is 1. The quantitative estimate of drug-likeness (QED) is 0.0482. The average Bonchev–Trinajstić information content (AvgIpc) is 3.34. The standard InChI is InChI=1S/C52H52N2O16/c1-28-35(67-48(62)40(57)39(30-17-9-6-10-18-30)53-45(59)31-19-11-7-12-20-31)26-52(63)44(69-46(60)32-21-13-8-14-22-32)42-50(5,36(56)25-37-51(42,27-66-37)70-29(2)55)43(58)41(38(28)49(52,3)4)68-47(61)33-23-15-16-24-34(33)54(64)65/h6-24,35-37,39-42,44,56-57,63H,25-27H2,1-5H3,(H,53,59)/t35-,36-,37+,39-,40+,41+,42-,44-,50+,51-,52+/m0/s1. The van der Waals surface area contributed by atoms with E-state index in [0.29, 0.717) is 5.56 Å². The number of fused-ring (bicyclic) bond motifs is 5. The Morgan fingerprint density at radius 2 is 1.41 bits per heavy atom. The first-order chi connectivity index (χ1) is 33.2. The number of ether oxygens (including phenoxy) is 5. The number of benzene rings is 4. The van der Waals surface area contributed by atoms with Crippen molar-refractivity contribution in [3.63, 3.8) is 0 Å². The van der Waals surface area contributed by atoms with Crippen LogP contribution < -0.4 is 5.32 Å². The summed E-state index contributed by atoms with van der Waals surface area (Å²) < 4.78 is 30.7. The van der Waals surface area contributed by atoms with Crippen LogP contribution in [0.4, 0.5) is 5.69 Å². The summed E-state index contributed by atoms with van der Waals surface area (Å²) >= 11 is 0. The van der Waals surface area contributed by atoms with Crippen LogP contribution in [0.15, 0.2) is 126 Å². The highest BCUT2D eigenvalue weighted by atomic mass is 16.6. The predicted octanol–water partition coefficient (Wildman–Crippen LogP) is 4.94. The number of nitrogens with zero attached hydrogens (tertiary/aromatic N) is 1. The normalized spacial score (nSPS) is 29.5. The zero-order valence-corrected chi connectivity index (χ0v) is 38.8. The van der Waals surface area contributed by atoms with Gasteiger partial charge in [-0.25, -0.2) is 14.4 Å². The van der Waals surface area contributed by atoms with Gasteiger partial charge in [-0.05, 0) is 60.9 Å². The number of hydrogen-bond donors (Lipinski definition) is 4. The van der Waals surface area contributed by atoms with E-state index in [4.69, 9.17) is 23.7 Å². The average molecular weight is 961 g/mol. The Bertz CT molecular complexity index is 2770. The lowest BCUT2D eigenvalue weighted by Crippen LogP contribution is -2.82. The SMILES string of the molecule is CC(=O)O[C@@]12CO[C@@H]1C[C@H](O)[C@@]1(C)C(=O)[C@H](OC(=O)c3ccccc3[N+](=O)[O-])C3=C(C)[C@@H](OC(=O)[C@H](O)[C@@H](NC(=O)c4ccccc4)c4ccccc4)C[C@@](O)([C@@H](OC(=O)c4ccccc4)[C@H]21)C3(C)C. The number of aliphatic hydroxyl groups excluding tert-OH is 2. The fraction of sp³-hybridized carbons (Fsp3) is 0.385. The minimum atomic E-state index is -2.55. The minimum absolute atomic E-state index is 0.00733. The molecule has 0 spiro atoms. The van der Waals surface area contributed by atoms with Gasteiger partial charge < -0.3 is 44.3 Å². The third kappa shape index (κ3) is 8.23. The number of Topliss-reactive ketones (excluding diaryl/α,β-unsaturated/α-hetero) is 1. The molecule has 4 aromatic carbocycles. The van der Waals surface area contributed by atoms with E-state index in [1.54, 1.807) is 66.7 Å². The fourth-order valence-electron chi connectivity index (χ4n) is 11.0. The molecule has 1 aliphatic heterocycles. The molecule has 0 radical (unpaired) electrons. The molecule has 0 unspecified atom stereocenters. The van der Waals surface area contributed by atoms with Crippen LogP contribution in [0.2, 0.25) is 0 Å². The van der Waals surface area contributed by atoms with Gasteiger partial charge in [-0.1, -0.05) is 92.7 Å². The van der Waals surface area contributed by atoms with Gasteiger partial charge in [0.25, 0.3) is 11.6 Å². The van der Waals surface area contributed by atoms with Gasteiger partial charge in [0.05, 0.1) is 40.6 Å². The van der Waals surface area contributed by atoms with Crippen LogP contribution in [-0.2, 0) is 38.1 Å². The van der Waals surface area contributed by atoms with E-state index in [1.165, 1.54) is 64.1 Å². The van der Waals surface area contributed by atoms with Gasteiger partial charge in [0.15, 0.2) is 23.6 Å². The lowest BCUT2D eigenvalue weighted by molar-refractivity contribution is -0.385. The molecular weight excluding hydrogens is 909 g/mol.